The van der Waals surface area contributed by atoms with Crippen LogP contribution < -0.4 is 0 Å². The van der Waals surface area contributed by atoms with Gasteiger partial charge in [-0.05, 0) is 176 Å². The largest absolute Gasteiger partial charge is 0.455 e. The third-order valence-electron chi connectivity index (χ3n) is 18.4. The molecule has 0 fully saturated rings. The highest BCUT2D eigenvalue weighted by atomic mass is 16.4. The van der Waals surface area contributed by atoms with Crippen LogP contribution in [0.15, 0.2) is 257 Å². The number of benzene rings is 12. The van der Waals surface area contributed by atoms with Gasteiger partial charge in [-0.25, -0.2) is 15.0 Å². The molecule has 18 rings (SSSR count). The van der Waals surface area contributed by atoms with Crippen LogP contribution in [0.2, 0.25) is 0 Å². The van der Waals surface area contributed by atoms with Crippen molar-refractivity contribution in [1.29, 1.82) is 0 Å². The second kappa shape index (κ2) is 22.5. The lowest BCUT2D eigenvalue weighted by molar-refractivity contribution is 0.615. The van der Waals surface area contributed by atoms with Crippen molar-refractivity contribution in [3.05, 3.63) is 269 Å². The number of rotatable bonds is 7. The van der Waals surface area contributed by atoms with Gasteiger partial charge < -0.3 is 26.5 Å². The van der Waals surface area contributed by atoms with E-state index in [1.165, 1.54) is 33.4 Å². The Morgan fingerprint density at radius 1 is 0.272 bits per heavy atom. The van der Waals surface area contributed by atoms with Crippen molar-refractivity contribution in [3.63, 3.8) is 0 Å². The Labute approximate surface area is 529 Å². The first-order valence-electron chi connectivity index (χ1n) is 31.2. The normalized spacial score (nSPS) is 11.7. The predicted octanol–water partition coefficient (Wildman–Crippen LogP) is 23.6. The molecule has 9 heteroatoms. The Balaban J connectivity index is 0.000000110. The van der Waals surface area contributed by atoms with Gasteiger partial charge in [-0.1, -0.05) is 165 Å². The summed E-state index contributed by atoms with van der Waals surface area (Å²) < 4.78 is 36.9. The highest BCUT2D eigenvalue weighted by Crippen LogP contribution is 2.41. The number of fused-ring (bicyclic) bond motifs is 12. The van der Waals surface area contributed by atoms with Crippen LogP contribution in [0.3, 0.4) is 0 Å². The van der Waals surface area contributed by atoms with Gasteiger partial charge in [0.15, 0.2) is 16.7 Å². The predicted molar refractivity (Wildman–Crippen MR) is 374 cm³/mol. The Hall–Kier alpha value is -11.6. The third kappa shape index (κ3) is 9.60. The van der Waals surface area contributed by atoms with Crippen molar-refractivity contribution >= 4 is 99.1 Å². The molecule has 0 unspecified atom stereocenters. The highest BCUT2D eigenvalue weighted by molar-refractivity contribution is 6.12. The van der Waals surface area contributed by atoms with Crippen LogP contribution in [-0.2, 0) is 6.42 Å². The number of hydrogen-bond donors (Lipinski definition) is 0. The maximum Gasteiger partial charge on any atom is 0.227 e. The SMILES string of the molecule is CCc1cccc2nc(-c3ccc(-c4cccc5c4oc4ccccc45)cc3)oc12.Cc1c(C)c(C)c2oc(-c3ccc(-c4cccc5c4oc4ccccc45)cc3)nc2c1C.Cc1cc2nc(-c3ccc(-c4cccc5c4oc4ccccc45)cc3)oc2cc1C. The molecule has 18 aromatic rings. The van der Waals surface area contributed by atoms with E-state index in [4.69, 9.17) is 31.5 Å². The first kappa shape index (κ1) is 55.7. The number of hydrogen-bond acceptors (Lipinski definition) is 9. The molecule has 0 aliphatic carbocycles. The molecule has 6 heterocycles. The van der Waals surface area contributed by atoms with E-state index in [1.807, 2.05) is 66.7 Å². The summed E-state index contributed by atoms with van der Waals surface area (Å²) >= 11 is 0. The minimum atomic E-state index is 0.642. The molecule has 0 saturated carbocycles. The van der Waals surface area contributed by atoms with Crippen molar-refractivity contribution < 1.29 is 26.5 Å². The molecule has 92 heavy (non-hydrogen) atoms. The molecule has 0 radical (unpaired) electrons. The number of aryl methyl sites for hydroxylation is 5. The molecule has 0 aliphatic rings. The van der Waals surface area contributed by atoms with Crippen LogP contribution in [0.1, 0.15) is 45.9 Å². The average molecular weight is 1200 g/mol. The molecule has 6 aromatic heterocycles. The summed E-state index contributed by atoms with van der Waals surface area (Å²) in [7, 11) is 0. The molecule has 0 N–H and O–H groups in total. The Bertz CT molecular complexity index is 5790. The van der Waals surface area contributed by atoms with E-state index in [0.29, 0.717) is 17.7 Å². The lowest BCUT2D eigenvalue weighted by Crippen LogP contribution is -1.92. The fourth-order valence-corrected chi connectivity index (χ4v) is 12.9. The van der Waals surface area contributed by atoms with Gasteiger partial charge in [0.2, 0.25) is 17.7 Å². The minimum absolute atomic E-state index is 0.642. The molecular weight excluding hydrogens is 1130 g/mol. The molecule has 0 spiro atoms. The fourth-order valence-electron chi connectivity index (χ4n) is 12.9. The van der Waals surface area contributed by atoms with Crippen LogP contribution in [0.5, 0.6) is 0 Å². The van der Waals surface area contributed by atoms with Gasteiger partial charge >= 0.3 is 0 Å². The summed E-state index contributed by atoms with van der Waals surface area (Å²) in [5.74, 6) is 1.95. The molecule has 0 saturated heterocycles. The van der Waals surface area contributed by atoms with Crippen LogP contribution in [-0.4, -0.2) is 15.0 Å². The molecule has 0 aliphatic heterocycles. The zero-order valence-corrected chi connectivity index (χ0v) is 51.9. The Kier molecular flexibility index (Phi) is 13.6. The van der Waals surface area contributed by atoms with Crippen molar-refractivity contribution in [2.24, 2.45) is 0 Å². The van der Waals surface area contributed by atoms with Crippen LogP contribution in [0.4, 0.5) is 0 Å². The smallest absolute Gasteiger partial charge is 0.227 e. The van der Waals surface area contributed by atoms with Crippen molar-refractivity contribution in [1.82, 2.24) is 15.0 Å². The number of para-hydroxylation sites is 7. The average Bonchev–Trinajstić information content (AvgIpc) is 1.74. The van der Waals surface area contributed by atoms with Crippen LogP contribution in [0.25, 0.3) is 167 Å². The van der Waals surface area contributed by atoms with Crippen molar-refractivity contribution in [3.8, 4) is 67.7 Å². The highest BCUT2D eigenvalue weighted by Gasteiger charge is 2.20. The summed E-state index contributed by atoms with van der Waals surface area (Å²) in [5.41, 5.74) is 28.8. The zero-order valence-electron chi connectivity index (χ0n) is 51.9. The number of furan rings is 3. The molecular formula is C83H61N3O6. The van der Waals surface area contributed by atoms with E-state index in [-0.39, 0.29) is 0 Å². The summed E-state index contributed by atoms with van der Waals surface area (Å²) in [6, 6.07) is 78.7. The summed E-state index contributed by atoms with van der Waals surface area (Å²) in [6.07, 6.45) is 0.923. The monoisotopic (exact) mass is 1200 g/mol. The summed E-state index contributed by atoms with van der Waals surface area (Å²) in [5, 5.41) is 6.84. The van der Waals surface area contributed by atoms with Gasteiger partial charge in [0.1, 0.15) is 50.0 Å². The minimum Gasteiger partial charge on any atom is -0.455 e. The van der Waals surface area contributed by atoms with Crippen LogP contribution in [0, 0.1) is 41.5 Å². The number of oxazole rings is 3. The number of aromatic nitrogens is 3. The van der Waals surface area contributed by atoms with E-state index in [1.54, 1.807) is 0 Å². The first-order valence-corrected chi connectivity index (χ1v) is 31.2. The maximum absolute atomic E-state index is 6.23. The van der Waals surface area contributed by atoms with Gasteiger partial charge in [-0.15, -0.1) is 0 Å². The lowest BCUT2D eigenvalue weighted by atomic mass is 9.98. The van der Waals surface area contributed by atoms with E-state index in [2.05, 4.69) is 222 Å². The van der Waals surface area contributed by atoms with Gasteiger partial charge in [-0.2, -0.15) is 0 Å². The molecule has 0 atom stereocenters. The molecule has 12 aromatic carbocycles. The van der Waals surface area contributed by atoms with E-state index in [9.17, 15) is 0 Å². The zero-order chi connectivity index (χ0) is 62.3. The van der Waals surface area contributed by atoms with Crippen molar-refractivity contribution in [2.75, 3.05) is 0 Å². The van der Waals surface area contributed by atoms with Gasteiger partial charge in [-0.3, -0.25) is 0 Å². The topological polar surface area (TPSA) is 118 Å². The summed E-state index contributed by atoms with van der Waals surface area (Å²) in [4.78, 5) is 14.2. The second-order valence-corrected chi connectivity index (χ2v) is 23.8. The molecule has 444 valence electrons. The van der Waals surface area contributed by atoms with Gasteiger partial charge in [0.05, 0.1) is 0 Å². The Morgan fingerprint density at radius 2 is 0.652 bits per heavy atom. The molecule has 0 amide bonds. The lowest BCUT2D eigenvalue weighted by Gasteiger charge is -2.08. The number of nitrogens with zero attached hydrogens (tertiary/aromatic N) is 3. The van der Waals surface area contributed by atoms with E-state index < -0.39 is 0 Å². The second-order valence-electron chi connectivity index (χ2n) is 23.8. The maximum atomic E-state index is 6.23. The van der Waals surface area contributed by atoms with E-state index >= 15 is 0 Å². The molecule has 9 nitrogen and oxygen atoms in total. The molecule has 0 bridgehead atoms. The fraction of sp³-hybridized carbons (Fsp3) is 0.0964. The standard InChI is InChI=1S/C29H23NO2.2C27H19NO2/c1-16-17(2)19(4)27-26(18(16)3)30-29(32-27)21-14-12-20(13-15-21)22-9-7-10-24-23-8-5-6-11-25(23)31-28(22)24;1-16-14-23-25(15-17(16)2)30-27(28-23)19-12-10-18(11-13-19)20-7-5-8-22-21-6-3-4-9-24(21)29-26(20)22;1-2-17-7-5-11-23-25(17)30-27(28-23)19-15-13-18(14-16-19)20-9-6-10-22-21-8-3-4-12-24(21)29-26(20)22/h5-15H,1-4H3;3-15H,1-2H3;3-16H,2H2,1H3. The van der Waals surface area contributed by atoms with Gasteiger partial charge in [0.25, 0.3) is 0 Å². The van der Waals surface area contributed by atoms with E-state index in [0.717, 1.165) is 161 Å². The van der Waals surface area contributed by atoms with Crippen molar-refractivity contribution in [2.45, 2.75) is 54.9 Å². The van der Waals surface area contributed by atoms with Crippen LogP contribution >= 0.6 is 0 Å². The Morgan fingerprint density at radius 3 is 1.13 bits per heavy atom. The van der Waals surface area contributed by atoms with Gasteiger partial charge in [0, 0.05) is 65.7 Å². The quantitative estimate of drug-likeness (QED) is 0.154. The third-order valence-corrected chi connectivity index (χ3v) is 18.4. The summed E-state index contributed by atoms with van der Waals surface area (Å²) in [6.45, 7) is 14.8. The first-order chi connectivity index (χ1) is 45.0.